The maximum absolute atomic E-state index is 4.28. The van der Waals surface area contributed by atoms with Crippen molar-refractivity contribution >= 4 is 16.5 Å². The number of nitrogens with one attached hydrogen (secondary N) is 1. The lowest BCUT2D eigenvalue weighted by Gasteiger charge is -2.34. The molecule has 1 fully saturated rings. The smallest absolute Gasteiger partial charge is 0.183 e. The maximum Gasteiger partial charge on any atom is 0.183 e. The third-order valence-electron chi connectivity index (χ3n) is 2.55. The zero-order valence-electron chi connectivity index (χ0n) is 7.50. The number of thiazole rings is 1. The van der Waals surface area contributed by atoms with Crippen LogP contribution in [0.1, 0.15) is 24.6 Å². The Balaban J connectivity index is 1.95. The second-order valence-corrected chi connectivity index (χ2v) is 4.82. The molecule has 0 saturated heterocycles. The molecule has 1 aliphatic rings. The molecular formula is C9H14N2S. The predicted octanol–water partition coefficient (Wildman–Crippen LogP) is 2.66. The van der Waals surface area contributed by atoms with Crippen LogP contribution in [0, 0.1) is 12.8 Å². The van der Waals surface area contributed by atoms with Gasteiger partial charge in [0.05, 0.1) is 0 Å². The second kappa shape index (κ2) is 3.05. The van der Waals surface area contributed by atoms with Crippen molar-refractivity contribution in [3.05, 3.63) is 11.1 Å². The molecule has 0 aliphatic heterocycles. The molecule has 0 bridgehead atoms. The van der Waals surface area contributed by atoms with Gasteiger partial charge in [-0.15, -0.1) is 11.3 Å². The van der Waals surface area contributed by atoms with Gasteiger partial charge in [0.2, 0.25) is 0 Å². The Morgan fingerprint density at radius 3 is 2.83 bits per heavy atom. The summed E-state index contributed by atoms with van der Waals surface area (Å²) in [7, 11) is 0. The fourth-order valence-electron chi connectivity index (χ4n) is 1.46. The quantitative estimate of drug-likeness (QED) is 0.760. The molecule has 2 rings (SSSR count). The Morgan fingerprint density at radius 1 is 1.58 bits per heavy atom. The van der Waals surface area contributed by atoms with Gasteiger partial charge in [0.1, 0.15) is 0 Å². The van der Waals surface area contributed by atoms with Crippen LogP contribution in [0.3, 0.4) is 0 Å². The number of aromatic nitrogens is 1. The van der Waals surface area contributed by atoms with Crippen LogP contribution in [0.5, 0.6) is 0 Å². The van der Waals surface area contributed by atoms with E-state index in [0.717, 1.165) is 11.0 Å². The van der Waals surface area contributed by atoms with Gasteiger partial charge >= 0.3 is 0 Å². The molecule has 0 aromatic carbocycles. The molecule has 1 N–H and O–H groups in total. The molecule has 2 atom stereocenters. The van der Waals surface area contributed by atoms with E-state index in [-0.39, 0.29) is 0 Å². The molecule has 1 heterocycles. The molecule has 12 heavy (non-hydrogen) atoms. The molecule has 1 aromatic rings. The highest BCUT2D eigenvalue weighted by atomic mass is 32.1. The number of hydrogen-bond acceptors (Lipinski definition) is 3. The molecule has 0 amide bonds. The molecule has 1 saturated carbocycles. The minimum Gasteiger partial charge on any atom is -0.359 e. The van der Waals surface area contributed by atoms with Crippen LogP contribution in [0.4, 0.5) is 5.13 Å². The summed E-state index contributed by atoms with van der Waals surface area (Å²) in [4.78, 5) is 5.56. The summed E-state index contributed by atoms with van der Waals surface area (Å²) >= 11 is 1.75. The SMILES string of the molecule is Cc1cnc(NC2CCC2C)s1. The van der Waals surface area contributed by atoms with Crippen LogP contribution in [-0.2, 0) is 0 Å². The van der Waals surface area contributed by atoms with E-state index in [1.807, 2.05) is 6.20 Å². The Hall–Kier alpha value is -0.570. The van der Waals surface area contributed by atoms with Gasteiger partial charge in [0, 0.05) is 17.1 Å². The lowest BCUT2D eigenvalue weighted by molar-refractivity contribution is 0.303. The van der Waals surface area contributed by atoms with E-state index < -0.39 is 0 Å². The normalized spacial score (nSPS) is 28.2. The zero-order valence-corrected chi connectivity index (χ0v) is 8.32. The molecular weight excluding hydrogens is 168 g/mol. The summed E-state index contributed by atoms with van der Waals surface area (Å²) in [6, 6.07) is 0.676. The molecule has 1 aromatic heterocycles. The predicted molar refractivity (Wildman–Crippen MR) is 52.7 cm³/mol. The van der Waals surface area contributed by atoms with Crippen molar-refractivity contribution in [3.63, 3.8) is 0 Å². The summed E-state index contributed by atoms with van der Waals surface area (Å²) in [6.45, 7) is 4.38. The third-order valence-corrected chi connectivity index (χ3v) is 3.39. The van der Waals surface area contributed by atoms with Crippen molar-refractivity contribution in [2.45, 2.75) is 32.7 Å². The van der Waals surface area contributed by atoms with Crippen LogP contribution in [-0.4, -0.2) is 11.0 Å². The molecule has 66 valence electrons. The van der Waals surface area contributed by atoms with E-state index in [9.17, 15) is 0 Å². The summed E-state index contributed by atoms with van der Waals surface area (Å²) in [5, 5.41) is 4.54. The van der Waals surface area contributed by atoms with Crippen LogP contribution in [0.15, 0.2) is 6.20 Å². The zero-order chi connectivity index (χ0) is 8.55. The average molecular weight is 182 g/mol. The Morgan fingerprint density at radius 2 is 2.42 bits per heavy atom. The first-order valence-electron chi connectivity index (χ1n) is 4.44. The highest BCUT2D eigenvalue weighted by Crippen LogP contribution is 2.30. The third kappa shape index (κ3) is 1.46. The number of rotatable bonds is 2. The van der Waals surface area contributed by atoms with Gasteiger partial charge in [-0.1, -0.05) is 6.92 Å². The minimum atomic E-state index is 0.676. The number of aryl methyl sites for hydroxylation is 1. The van der Waals surface area contributed by atoms with Gasteiger partial charge in [0.15, 0.2) is 5.13 Å². The average Bonchev–Trinajstić information content (AvgIpc) is 2.44. The van der Waals surface area contributed by atoms with Gasteiger partial charge < -0.3 is 5.32 Å². The fourth-order valence-corrected chi connectivity index (χ4v) is 2.19. The summed E-state index contributed by atoms with van der Waals surface area (Å²) in [5.41, 5.74) is 0. The van der Waals surface area contributed by atoms with Crippen molar-refractivity contribution in [2.24, 2.45) is 5.92 Å². The highest BCUT2D eigenvalue weighted by Gasteiger charge is 2.26. The lowest BCUT2D eigenvalue weighted by Crippen LogP contribution is -2.36. The van der Waals surface area contributed by atoms with Crippen LogP contribution in [0.2, 0.25) is 0 Å². The second-order valence-electron chi connectivity index (χ2n) is 3.58. The van der Waals surface area contributed by atoms with E-state index in [1.165, 1.54) is 17.7 Å². The molecule has 3 heteroatoms. The largest absolute Gasteiger partial charge is 0.359 e. The van der Waals surface area contributed by atoms with Crippen LogP contribution in [0.25, 0.3) is 0 Å². The molecule has 2 nitrogen and oxygen atoms in total. The van der Waals surface area contributed by atoms with Gasteiger partial charge in [-0.2, -0.15) is 0 Å². The summed E-state index contributed by atoms with van der Waals surface area (Å²) in [6.07, 6.45) is 4.60. The minimum absolute atomic E-state index is 0.676. The van der Waals surface area contributed by atoms with Crippen molar-refractivity contribution in [1.82, 2.24) is 4.98 Å². The van der Waals surface area contributed by atoms with Crippen molar-refractivity contribution < 1.29 is 0 Å². The highest BCUT2D eigenvalue weighted by molar-refractivity contribution is 7.15. The molecule has 0 radical (unpaired) electrons. The van der Waals surface area contributed by atoms with Gasteiger partial charge in [-0.05, 0) is 25.7 Å². The van der Waals surface area contributed by atoms with E-state index in [0.29, 0.717) is 6.04 Å². The lowest BCUT2D eigenvalue weighted by atomic mass is 9.81. The molecule has 0 spiro atoms. The number of anilines is 1. The van der Waals surface area contributed by atoms with Gasteiger partial charge in [0.25, 0.3) is 0 Å². The first-order chi connectivity index (χ1) is 5.75. The van der Waals surface area contributed by atoms with Crippen molar-refractivity contribution in [1.29, 1.82) is 0 Å². The number of hydrogen-bond donors (Lipinski definition) is 1. The van der Waals surface area contributed by atoms with E-state index in [2.05, 4.69) is 24.1 Å². The first-order valence-corrected chi connectivity index (χ1v) is 5.26. The van der Waals surface area contributed by atoms with Crippen LogP contribution >= 0.6 is 11.3 Å². The molecule has 1 aliphatic carbocycles. The fraction of sp³-hybridized carbons (Fsp3) is 0.667. The van der Waals surface area contributed by atoms with Gasteiger partial charge in [-0.3, -0.25) is 0 Å². The van der Waals surface area contributed by atoms with E-state index in [1.54, 1.807) is 11.3 Å². The standard InChI is InChI=1S/C9H14N2S/c1-6-3-4-8(6)11-9-10-5-7(2)12-9/h5-6,8H,3-4H2,1-2H3,(H,10,11). The molecule has 2 unspecified atom stereocenters. The van der Waals surface area contributed by atoms with E-state index in [4.69, 9.17) is 0 Å². The number of nitrogens with zero attached hydrogens (tertiary/aromatic N) is 1. The Bertz CT molecular complexity index is 269. The van der Waals surface area contributed by atoms with Gasteiger partial charge in [-0.25, -0.2) is 4.98 Å². The summed E-state index contributed by atoms with van der Waals surface area (Å²) < 4.78 is 0. The van der Waals surface area contributed by atoms with E-state index >= 15 is 0 Å². The Kier molecular flexibility index (Phi) is 2.05. The summed E-state index contributed by atoms with van der Waals surface area (Å²) in [5.74, 6) is 0.828. The monoisotopic (exact) mass is 182 g/mol. The Labute approximate surface area is 77.0 Å². The topological polar surface area (TPSA) is 24.9 Å². The first kappa shape index (κ1) is 8.05. The van der Waals surface area contributed by atoms with Crippen molar-refractivity contribution in [3.8, 4) is 0 Å². The van der Waals surface area contributed by atoms with Crippen molar-refractivity contribution in [2.75, 3.05) is 5.32 Å². The van der Waals surface area contributed by atoms with Crippen LogP contribution < -0.4 is 5.32 Å². The maximum atomic E-state index is 4.28.